The molecule has 3 N–H and O–H groups in total. The van der Waals surface area contributed by atoms with Gasteiger partial charge in [0.15, 0.2) is 0 Å². The van der Waals surface area contributed by atoms with Crippen LogP contribution in [0.3, 0.4) is 0 Å². The summed E-state index contributed by atoms with van der Waals surface area (Å²) in [5.41, 5.74) is 0. The number of nitrogens with zero attached hydrogens (tertiary/aromatic N) is 1. The van der Waals surface area contributed by atoms with E-state index < -0.39 is 29.5 Å². The Morgan fingerprint density at radius 3 is 2.56 bits per heavy atom. The molecule has 9 heteroatoms. The Bertz CT molecular complexity index is 410. The molecule has 0 bridgehead atoms. The molecule has 1 heterocycles. The highest BCUT2D eigenvalue weighted by atomic mass is 32.2. The van der Waals surface area contributed by atoms with Gasteiger partial charge in [0.25, 0.3) is 0 Å². The minimum atomic E-state index is -3.69. The number of ether oxygens (including phenoxy) is 1. The van der Waals surface area contributed by atoms with Gasteiger partial charge >= 0.3 is 7.12 Å². The molecule has 0 spiro atoms. The maximum atomic E-state index is 11.2. The van der Waals surface area contributed by atoms with E-state index in [-0.39, 0.29) is 0 Å². The summed E-state index contributed by atoms with van der Waals surface area (Å²) in [6.07, 6.45) is 2.46. The quantitative estimate of drug-likeness (QED) is 0.519. The van der Waals surface area contributed by atoms with Crippen LogP contribution >= 0.6 is 0 Å². The van der Waals surface area contributed by atoms with Crippen LogP contribution in [-0.4, -0.2) is 43.0 Å². The molecule has 0 aromatic carbocycles. The molecule has 1 rings (SSSR count). The van der Waals surface area contributed by atoms with E-state index in [9.17, 15) is 8.42 Å². The van der Waals surface area contributed by atoms with Crippen LogP contribution in [-0.2, 0) is 10.0 Å². The van der Waals surface area contributed by atoms with Gasteiger partial charge in [0, 0.05) is 18.8 Å². The Morgan fingerprint density at radius 2 is 2.00 bits per heavy atom. The third-order valence-electron chi connectivity index (χ3n) is 1.52. The summed E-state index contributed by atoms with van der Waals surface area (Å²) >= 11 is 0. The lowest BCUT2D eigenvalue weighted by atomic mass is 9.94. The van der Waals surface area contributed by atoms with Crippen molar-refractivity contribution in [1.29, 1.82) is 0 Å². The Morgan fingerprint density at radius 1 is 1.38 bits per heavy atom. The normalized spacial score (nSPS) is 11.1. The summed E-state index contributed by atoms with van der Waals surface area (Å²) in [7, 11) is -5.41. The van der Waals surface area contributed by atoms with E-state index in [4.69, 9.17) is 14.8 Å². The first-order chi connectivity index (χ1) is 7.49. The average Bonchev–Trinajstić information content (AvgIpc) is 2.26. The van der Waals surface area contributed by atoms with Crippen molar-refractivity contribution in [3.8, 4) is 5.75 Å². The van der Waals surface area contributed by atoms with Crippen molar-refractivity contribution < 1.29 is 23.2 Å². The van der Waals surface area contributed by atoms with Crippen molar-refractivity contribution in [2.45, 2.75) is 0 Å². The van der Waals surface area contributed by atoms with Gasteiger partial charge in [-0.3, -0.25) is 4.98 Å². The molecular weight excluding hydrogens is 235 g/mol. The van der Waals surface area contributed by atoms with Crippen molar-refractivity contribution in [2.24, 2.45) is 0 Å². The Balaban J connectivity index is 2.42. The molecule has 0 atom stereocenters. The minimum Gasteiger partial charge on any atom is -0.476 e. The molecule has 0 unspecified atom stereocenters. The largest absolute Gasteiger partial charge is 0.476 e. The lowest BCUT2D eigenvalue weighted by molar-refractivity contribution is 0.372. The number of rotatable bonds is 6. The number of aromatic nitrogens is 1. The highest BCUT2D eigenvalue weighted by Gasteiger charge is 2.15. The van der Waals surface area contributed by atoms with Crippen LogP contribution in [0.2, 0.25) is 0 Å². The van der Waals surface area contributed by atoms with E-state index in [0.717, 1.165) is 0 Å². The van der Waals surface area contributed by atoms with E-state index in [1.54, 1.807) is 0 Å². The molecule has 0 saturated heterocycles. The van der Waals surface area contributed by atoms with Gasteiger partial charge in [-0.15, -0.1) is 0 Å². The monoisotopic (exact) mass is 246 g/mol. The average molecular weight is 246 g/mol. The maximum Gasteiger partial charge on any atom is 0.467 e. The Labute approximate surface area is 93.3 Å². The van der Waals surface area contributed by atoms with Gasteiger partial charge in [-0.1, -0.05) is 0 Å². The summed E-state index contributed by atoms with van der Waals surface area (Å²) in [5, 5.41) is 17.0. The summed E-state index contributed by atoms with van der Waals surface area (Å²) in [5.74, 6) is -0.228. The molecule has 7 nitrogen and oxygen atoms in total. The van der Waals surface area contributed by atoms with Crippen LogP contribution < -0.4 is 9.46 Å². The fraction of sp³-hybridized carbons (Fsp3) is 0.286. The number of hydrogen-bond donors (Lipinski definition) is 3. The van der Waals surface area contributed by atoms with Crippen molar-refractivity contribution in [3.63, 3.8) is 0 Å². The third-order valence-corrected chi connectivity index (χ3v) is 2.55. The SMILES string of the molecule is O=S(=O)(COc1ccncc1)NCB(O)O. The fourth-order valence-electron chi connectivity index (χ4n) is 0.823. The van der Waals surface area contributed by atoms with E-state index in [1.165, 1.54) is 24.5 Å². The zero-order valence-electron chi connectivity index (χ0n) is 8.28. The van der Waals surface area contributed by atoms with Gasteiger partial charge in [0.1, 0.15) is 5.75 Å². The van der Waals surface area contributed by atoms with Crippen molar-refractivity contribution in [2.75, 3.05) is 12.4 Å². The first-order valence-corrected chi connectivity index (χ1v) is 6.01. The molecule has 0 aliphatic carbocycles. The van der Waals surface area contributed by atoms with Crippen molar-refractivity contribution >= 4 is 17.1 Å². The standard InChI is InChI=1S/C7H11BN2O5S/c11-8(12)5-10-16(13,14)6-15-7-1-3-9-4-2-7/h1-4,10-12H,5-6H2. The highest BCUT2D eigenvalue weighted by Crippen LogP contribution is 2.06. The summed E-state index contributed by atoms with van der Waals surface area (Å²) < 4.78 is 29.4. The molecule has 0 saturated carbocycles. The lowest BCUT2D eigenvalue weighted by Crippen LogP contribution is -2.37. The van der Waals surface area contributed by atoms with Crippen LogP contribution in [0.5, 0.6) is 5.75 Å². The van der Waals surface area contributed by atoms with Gasteiger partial charge in [-0.2, -0.15) is 0 Å². The van der Waals surface area contributed by atoms with Gasteiger partial charge < -0.3 is 14.8 Å². The van der Waals surface area contributed by atoms with Crippen LogP contribution in [0.4, 0.5) is 0 Å². The molecule has 0 aliphatic heterocycles. The number of pyridine rings is 1. The van der Waals surface area contributed by atoms with Crippen LogP contribution in [0, 0.1) is 0 Å². The number of hydrogen-bond acceptors (Lipinski definition) is 6. The second-order valence-corrected chi connectivity index (χ2v) is 4.64. The Hall–Kier alpha value is -1.16. The molecule has 88 valence electrons. The summed E-state index contributed by atoms with van der Waals surface area (Å²) in [4.78, 5) is 3.74. The molecule has 1 aromatic rings. The first-order valence-electron chi connectivity index (χ1n) is 4.36. The number of sulfonamides is 1. The highest BCUT2D eigenvalue weighted by molar-refractivity contribution is 7.89. The summed E-state index contributed by atoms with van der Waals surface area (Å²) in [6, 6.07) is 3.02. The second kappa shape index (κ2) is 5.80. The molecule has 16 heavy (non-hydrogen) atoms. The zero-order valence-corrected chi connectivity index (χ0v) is 9.09. The van der Waals surface area contributed by atoms with E-state index in [0.29, 0.717) is 5.75 Å². The number of nitrogens with one attached hydrogen (secondary N) is 1. The minimum absolute atomic E-state index is 0.366. The predicted octanol–water partition coefficient (Wildman–Crippen LogP) is -1.65. The molecule has 0 amide bonds. The van der Waals surface area contributed by atoms with E-state index >= 15 is 0 Å². The lowest BCUT2D eigenvalue weighted by Gasteiger charge is -2.07. The molecule has 1 aromatic heterocycles. The Kier molecular flexibility index (Phi) is 4.68. The van der Waals surface area contributed by atoms with Gasteiger partial charge in [-0.05, 0) is 12.1 Å². The maximum absolute atomic E-state index is 11.2. The van der Waals surface area contributed by atoms with Gasteiger partial charge in [0.05, 0.1) is 0 Å². The predicted molar refractivity (Wildman–Crippen MR) is 56.8 cm³/mol. The van der Waals surface area contributed by atoms with Crippen LogP contribution in [0.15, 0.2) is 24.5 Å². The molecular formula is C7H11BN2O5S. The van der Waals surface area contributed by atoms with E-state index in [1.807, 2.05) is 4.72 Å². The van der Waals surface area contributed by atoms with Gasteiger partial charge in [-0.25, -0.2) is 13.1 Å². The second-order valence-electron chi connectivity index (χ2n) is 2.89. The first kappa shape index (κ1) is 12.9. The van der Waals surface area contributed by atoms with Crippen LogP contribution in [0.1, 0.15) is 0 Å². The zero-order chi connectivity index (χ0) is 12.0. The summed E-state index contributed by atoms with van der Waals surface area (Å²) in [6.45, 7) is 0. The van der Waals surface area contributed by atoms with Crippen LogP contribution in [0.25, 0.3) is 0 Å². The third kappa shape index (κ3) is 5.07. The topological polar surface area (TPSA) is 109 Å². The van der Waals surface area contributed by atoms with E-state index in [2.05, 4.69) is 4.98 Å². The van der Waals surface area contributed by atoms with Crippen molar-refractivity contribution in [1.82, 2.24) is 9.71 Å². The molecule has 0 fully saturated rings. The molecule has 0 aliphatic rings. The van der Waals surface area contributed by atoms with Gasteiger partial charge in [0.2, 0.25) is 16.0 Å². The smallest absolute Gasteiger partial charge is 0.467 e. The fourth-order valence-corrected chi connectivity index (χ4v) is 1.60. The van der Waals surface area contributed by atoms with Crippen molar-refractivity contribution in [3.05, 3.63) is 24.5 Å². The molecule has 0 radical (unpaired) electrons.